The molecule has 7 heteroatoms. The highest BCUT2D eigenvalue weighted by Crippen LogP contribution is 2.21. The molecule has 0 fully saturated rings. The first kappa shape index (κ1) is 15.8. The Bertz CT molecular complexity index is 785. The molecule has 0 heterocycles. The van der Waals surface area contributed by atoms with Crippen LogP contribution < -0.4 is 4.72 Å². The summed E-state index contributed by atoms with van der Waals surface area (Å²) in [5.41, 5.74) is 1.35. The Kier molecular flexibility index (Phi) is 4.52. The van der Waals surface area contributed by atoms with E-state index in [0.29, 0.717) is 5.69 Å². The summed E-state index contributed by atoms with van der Waals surface area (Å²) in [4.78, 5) is 10.8. The van der Waals surface area contributed by atoms with Crippen molar-refractivity contribution in [2.45, 2.75) is 11.8 Å². The summed E-state index contributed by atoms with van der Waals surface area (Å²) in [7, 11) is -3.74. The number of hydrogen-bond acceptors (Lipinski definition) is 3. The van der Waals surface area contributed by atoms with Gasteiger partial charge in [0.15, 0.2) is 0 Å². The molecule has 0 saturated carbocycles. The molecular weight excluding hydrogens is 405 g/mol. The van der Waals surface area contributed by atoms with E-state index >= 15 is 0 Å². The van der Waals surface area contributed by atoms with E-state index in [2.05, 4.69) is 27.3 Å². The number of anilines is 1. The highest BCUT2D eigenvalue weighted by atomic mass is 127. The Balaban J connectivity index is 2.31. The smallest absolute Gasteiger partial charge is 0.335 e. The summed E-state index contributed by atoms with van der Waals surface area (Å²) in [6.45, 7) is 1.81. The molecule has 0 amide bonds. The number of aromatic carboxylic acids is 1. The zero-order valence-electron chi connectivity index (χ0n) is 11.0. The topological polar surface area (TPSA) is 83.5 Å². The van der Waals surface area contributed by atoms with Gasteiger partial charge in [0.1, 0.15) is 0 Å². The van der Waals surface area contributed by atoms with Crippen molar-refractivity contribution in [2.24, 2.45) is 0 Å². The van der Waals surface area contributed by atoms with Gasteiger partial charge < -0.3 is 5.11 Å². The van der Waals surface area contributed by atoms with Gasteiger partial charge in [-0.05, 0) is 77.5 Å². The standard InChI is InChI=1S/C14H12INO4S/c1-9-8-11(15)4-7-13(9)16-21(19,20)12-5-2-10(3-6-12)14(17)18/h2-8,16H,1H3,(H,17,18). The van der Waals surface area contributed by atoms with Crippen LogP contribution in [0.3, 0.4) is 0 Å². The van der Waals surface area contributed by atoms with Gasteiger partial charge in [-0.1, -0.05) is 0 Å². The van der Waals surface area contributed by atoms with Gasteiger partial charge in [0.25, 0.3) is 10.0 Å². The highest BCUT2D eigenvalue weighted by Gasteiger charge is 2.16. The van der Waals surface area contributed by atoms with E-state index in [0.717, 1.165) is 9.13 Å². The maximum absolute atomic E-state index is 12.3. The van der Waals surface area contributed by atoms with Crippen LogP contribution in [0.25, 0.3) is 0 Å². The van der Waals surface area contributed by atoms with Crippen LogP contribution >= 0.6 is 22.6 Å². The first-order valence-electron chi connectivity index (χ1n) is 5.92. The third-order valence-corrected chi connectivity index (χ3v) is 4.90. The van der Waals surface area contributed by atoms with E-state index in [4.69, 9.17) is 5.11 Å². The maximum Gasteiger partial charge on any atom is 0.335 e. The molecule has 2 aromatic rings. The third-order valence-electron chi connectivity index (χ3n) is 2.84. The summed E-state index contributed by atoms with van der Waals surface area (Å²) in [6.07, 6.45) is 0. The molecule has 0 aliphatic carbocycles. The van der Waals surface area contributed by atoms with Crippen molar-refractivity contribution in [3.8, 4) is 0 Å². The molecule has 0 saturated heterocycles. The van der Waals surface area contributed by atoms with Gasteiger partial charge in [0, 0.05) is 3.57 Å². The lowest BCUT2D eigenvalue weighted by atomic mass is 10.2. The molecule has 0 bridgehead atoms. The van der Waals surface area contributed by atoms with Gasteiger partial charge in [0.2, 0.25) is 0 Å². The van der Waals surface area contributed by atoms with E-state index in [1.165, 1.54) is 24.3 Å². The second-order valence-electron chi connectivity index (χ2n) is 4.39. The number of sulfonamides is 1. The molecule has 0 spiro atoms. The SMILES string of the molecule is Cc1cc(I)ccc1NS(=O)(=O)c1ccc(C(=O)O)cc1. The molecule has 0 radical (unpaired) electrons. The largest absolute Gasteiger partial charge is 0.478 e. The average Bonchev–Trinajstić information content (AvgIpc) is 2.42. The van der Waals surface area contributed by atoms with Crippen LogP contribution in [-0.2, 0) is 10.0 Å². The minimum absolute atomic E-state index is 0.0189. The summed E-state index contributed by atoms with van der Waals surface area (Å²) >= 11 is 2.15. The Hall–Kier alpha value is -1.61. The Morgan fingerprint density at radius 3 is 2.29 bits per heavy atom. The zero-order chi connectivity index (χ0) is 15.6. The maximum atomic E-state index is 12.3. The molecule has 2 rings (SSSR count). The first-order valence-corrected chi connectivity index (χ1v) is 8.48. The van der Waals surface area contributed by atoms with E-state index < -0.39 is 16.0 Å². The lowest BCUT2D eigenvalue weighted by Gasteiger charge is -2.11. The second-order valence-corrected chi connectivity index (χ2v) is 7.32. The van der Waals surface area contributed by atoms with Crippen molar-refractivity contribution >= 4 is 44.3 Å². The minimum atomic E-state index is -3.74. The predicted octanol–water partition coefficient (Wildman–Crippen LogP) is 3.10. The lowest BCUT2D eigenvalue weighted by Crippen LogP contribution is -2.14. The van der Waals surface area contributed by atoms with Gasteiger partial charge in [-0.2, -0.15) is 0 Å². The van der Waals surface area contributed by atoms with E-state index in [9.17, 15) is 13.2 Å². The van der Waals surface area contributed by atoms with Gasteiger partial charge in [-0.15, -0.1) is 0 Å². The zero-order valence-corrected chi connectivity index (χ0v) is 14.0. The van der Waals surface area contributed by atoms with Crippen molar-refractivity contribution in [3.05, 3.63) is 57.2 Å². The molecule has 2 aromatic carbocycles. The molecule has 0 unspecified atom stereocenters. The van der Waals surface area contributed by atoms with Crippen LogP contribution in [-0.4, -0.2) is 19.5 Å². The van der Waals surface area contributed by atoms with Gasteiger partial charge in [-0.25, -0.2) is 13.2 Å². The number of benzene rings is 2. The number of carboxylic acid groups (broad SMARTS) is 1. The van der Waals surface area contributed by atoms with Crippen LogP contribution in [0.1, 0.15) is 15.9 Å². The molecule has 21 heavy (non-hydrogen) atoms. The van der Waals surface area contributed by atoms with Crippen LogP contribution in [0.4, 0.5) is 5.69 Å². The van der Waals surface area contributed by atoms with Crippen molar-refractivity contribution in [3.63, 3.8) is 0 Å². The highest BCUT2D eigenvalue weighted by molar-refractivity contribution is 14.1. The Morgan fingerprint density at radius 1 is 1.14 bits per heavy atom. The monoisotopic (exact) mass is 417 g/mol. The quantitative estimate of drug-likeness (QED) is 0.750. The fourth-order valence-electron chi connectivity index (χ4n) is 1.72. The fourth-order valence-corrected chi connectivity index (χ4v) is 3.50. The van der Waals surface area contributed by atoms with Crippen LogP contribution in [0.2, 0.25) is 0 Å². The predicted molar refractivity (Wildman–Crippen MR) is 88.1 cm³/mol. The molecule has 0 aromatic heterocycles. The minimum Gasteiger partial charge on any atom is -0.478 e. The number of carbonyl (C=O) groups is 1. The Labute approximate surface area is 136 Å². The molecule has 5 nitrogen and oxygen atoms in total. The number of carboxylic acids is 1. The summed E-state index contributed by atoms with van der Waals surface area (Å²) in [5, 5.41) is 8.81. The number of halogens is 1. The molecule has 110 valence electrons. The van der Waals surface area contributed by atoms with Crippen molar-refractivity contribution in [2.75, 3.05) is 4.72 Å². The van der Waals surface area contributed by atoms with Crippen molar-refractivity contribution in [1.29, 1.82) is 0 Å². The molecular formula is C14H12INO4S. The van der Waals surface area contributed by atoms with E-state index in [-0.39, 0.29) is 10.5 Å². The normalized spacial score (nSPS) is 11.1. The number of nitrogens with one attached hydrogen (secondary N) is 1. The lowest BCUT2D eigenvalue weighted by molar-refractivity contribution is 0.0697. The summed E-state index contributed by atoms with van der Waals surface area (Å²) < 4.78 is 28.0. The van der Waals surface area contributed by atoms with Crippen LogP contribution in [0, 0.1) is 10.5 Å². The van der Waals surface area contributed by atoms with Gasteiger partial charge >= 0.3 is 5.97 Å². The first-order chi connectivity index (χ1) is 9.79. The molecule has 2 N–H and O–H groups in total. The van der Waals surface area contributed by atoms with Crippen molar-refractivity contribution < 1.29 is 18.3 Å². The summed E-state index contributed by atoms with van der Waals surface area (Å²) in [6, 6.07) is 10.4. The summed E-state index contributed by atoms with van der Waals surface area (Å²) in [5.74, 6) is -1.10. The molecule has 0 aliphatic heterocycles. The van der Waals surface area contributed by atoms with Gasteiger partial charge in [-0.3, -0.25) is 4.72 Å². The number of aryl methyl sites for hydroxylation is 1. The van der Waals surface area contributed by atoms with Crippen LogP contribution in [0.15, 0.2) is 47.4 Å². The second kappa shape index (κ2) is 6.02. The Morgan fingerprint density at radius 2 is 1.76 bits per heavy atom. The van der Waals surface area contributed by atoms with E-state index in [1.54, 1.807) is 12.1 Å². The molecule has 0 atom stereocenters. The van der Waals surface area contributed by atoms with Crippen LogP contribution in [0.5, 0.6) is 0 Å². The third kappa shape index (κ3) is 3.73. The fraction of sp³-hybridized carbons (Fsp3) is 0.0714. The van der Waals surface area contributed by atoms with Crippen molar-refractivity contribution in [1.82, 2.24) is 0 Å². The number of hydrogen-bond donors (Lipinski definition) is 2. The van der Waals surface area contributed by atoms with E-state index in [1.807, 2.05) is 13.0 Å². The average molecular weight is 417 g/mol. The molecule has 0 aliphatic rings. The number of rotatable bonds is 4. The van der Waals surface area contributed by atoms with Gasteiger partial charge in [0.05, 0.1) is 16.1 Å².